The van der Waals surface area contributed by atoms with Gasteiger partial charge in [0.15, 0.2) is 9.84 Å². The first-order valence-corrected chi connectivity index (χ1v) is 10.7. The van der Waals surface area contributed by atoms with Crippen LogP contribution in [-0.2, 0) is 21.1 Å². The predicted molar refractivity (Wildman–Crippen MR) is 95.3 cm³/mol. The number of sulfone groups is 1. The van der Waals surface area contributed by atoms with E-state index in [1.807, 2.05) is 31.2 Å². The van der Waals surface area contributed by atoms with E-state index in [0.717, 1.165) is 23.0 Å². The van der Waals surface area contributed by atoms with E-state index in [0.29, 0.717) is 24.0 Å². The molecule has 0 radical (unpaired) electrons. The molecule has 3 rings (SSSR count). The maximum Gasteiger partial charge on any atom is 0.277 e. The van der Waals surface area contributed by atoms with Crippen LogP contribution in [0, 0.1) is 12.8 Å². The second-order valence-corrected chi connectivity index (χ2v) is 9.29. The molecule has 7 nitrogen and oxygen atoms in total. The number of nitrogens with zero attached hydrogens (tertiary/aromatic N) is 2. The van der Waals surface area contributed by atoms with Crippen molar-refractivity contribution in [1.82, 2.24) is 10.2 Å². The normalized spacial score (nSPS) is 19.0. The summed E-state index contributed by atoms with van der Waals surface area (Å²) >= 11 is 1.16. The number of anilines is 1. The van der Waals surface area contributed by atoms with Crippen molar-refractivity contribution in [2.45, 2.75) is 25.0 Å². The Balaban J connectivity index is 1.46. The molecule has 0 saturated carbocycles. The van der Waals surface area contributed by atoms with Gasteiger partial charge in [-0.3, -0.25) is 4.79 Å². The fraction of sp³-hybridized carbons (Fsp3) is 0.438. The van der Waals surface area contributed by atoms with Crippen LogP contribution in [0.5, 0.6) is 0 Å². The summed E-state index contributed by atoms with van der Waals surface area (Å²) in [5.74, 6) is 0.864. The summed E-state index contributed by atoms with van der Waals surface area (Å²) in [7, 11) is -2.91. The molecule has 9 heteroatoms. The standard InChI is InChI=1S/C16H19N3O4S2/c1-11-2-4-13(5-3-11)17-14(20)9-24-16-19-18-15(23-16)8-12-6-7-25(21,22)10-12/h2-5,12H,6-10H2,1H3,(H,17,20)/t12-/m0/s1. The van der Waals surface area contributed by atoms with Gasteiger partial charge in [0.05, 0.1) is 17.3 Å². The first-order chi connectivity index (χ1) is 11.9. The van der Waals surface area contributed by atoms with Crippen LogP contribution < -0.4 is 5.32 Å². The van der Waals surface area contributed by atoms with E-state index in [1.54, 1.807) is 0 Å². The SMILES string of the molecule is Cc1ccc(NC(=O)CSc2nnc(C[C@@H]3CCS(=O)(=O)C3)o2)cc1. The van der Waals surface area contributed by atoms with Gasteiger partial charge in [-0.05, 0) is 31.4 Å². The number of rotatable bonds is 6. The molecule has 1 saturated heterocycles. The van der Waals surface area contributed by atoms with E-state index >= 15 is 0 Å². The van der Waals surface area contributed by atoms with Gasteiger partial charge in [0.1, 0.15) is 0 Å². The van der Waals surface area contributed by atoms with Crippen molar-refractivity contribution in [1.29, 1.82) is 0 Å². The molecule has 1 amide bonds. The predicted octanol–water partition coefficient (Wildman–Crippen LogP) is 2.09. The number of thioether (sulfide) groups is 1. The number of nitrogens with one attached hydrogen (secondary N) is 1. The van der Waals surface area contributed by atoms with Gasteiger partial charge in [-0.2, -0.15) is 0 Å². The molecule has 1 fully saturated rings. The van der Waals surface area contributed by atoms with Crippen LogP contribution in [0.25, 0.3) is 0 Å². The Labute approximate surface area is 150 Å². The van der Waals surface area contributed by atoms with E-state index in [9.17, 15) is 13.2 Å². The molecule has 1 aliphatic rings. The number of aryl methyl sites for hydroxylation is 1. The van der Waals surface area contributed by atoms with Gasteiger partial charge in [0.25, 0.3) is 5.22 Å². The zero-order valence-electron chi connectivity index (χ0n) is 13.8. The second-order valence-electron chi connectivity index (χ2n) is 6.14. The van der Waals surface area contributed by atoms with Crippen molar-refractivity contribution < 1.29 is 17.6 Å². The third-order valence-electron chi connectivity index (χ3n) is 3.90. The molecule has 1 aromatic carbocycles. The van der Waals surface area contributed by atoms with Crippen LogP contribution in [0.4, 0.5) is 5.69 Å². The maximum atomic E-state index is 11.9. The van der Waals surface area contributed by atoms with Crippen LogP contribution in [-0.4, -0.2) is 41.8 Å². The summed E-state index contributed by atoms with van der Waals surface area (Å²) in [6.07, 6.45) is 1.09. The summed E-state index contributed by atoms with van der Waals surface area (Å²) < 4.78 is 28.4. The Morgan fingerprint density at radius 3 is 2.76 bits per heavy atom. The fourth-order valence-electron chi connectivity index (χ4n) is 2.62. The minimum Gasteiger partial charge on any atom is -0.416 e. The van der Waals surface area contributed by atoms with Crippen molar-refractivity contribution in [3.63, 3.8) is 0 Å². The summed E-state index contributed by atoms with van der Waals surface area (Å²) in [4.78, 5) is 11.9. The molecule has 1 aromatic heterocycles. The highest BCUT2D eigenvalue weighted by Gasteiger charge is 2.29. The van der Waals surface area contributed by atoms with E-state index in [-0.39, 0.29) is 29.1 Å². The third-order valence-corrected chi connectivity index (χ3v) is 6.56. The average molecular weight is 381 g/mol. The Bertz CT molecular complexity index is 847. The molecule has 0 bridgehead atoms. The average Bonchev–Trinajstić information content (AvgIpc) is 3.14. The first kappa shape index (κ1) is 17.9. The molecular formula is C16H19N3O4S2. The zero-order chi connectivity index (χ0) is 17.9. The zero-order valence-corrected chi connectivity index (χ0v) is 15.4. The quantitative estimate of drug-likeness (QED) is 0.764. The largest absolute Gasteiger partial charge is 0.416 e. The van der Waals surface area contributed by atoms with Gasteiger partial charge < -0.3 is 9.73 Å². The Morgan fingerprint density at radius 2 is 2.08 bits per heavy atom. The molecule has 1 aliphatic heterocycles. The lowest BCUT2D eigenvalue weighted by molar-refractivity contribution is -0.113. The van der Waals surface area contributed by atoms with Crippen LogP contribution >= 0.6 is 11.8 Å². The fourth-order valence-corrected chi connectivity index (χ4v) is 5.06. The lowest BCUT2D eigenvalue weighted by Gasteiger charge is -2.04. The smallest absolute Gasteiger partial charge is 0.277 e. The molecule has 0 aliphatic carbocycles. The number of amides is 1. The molecule has 2 aromatic rings. The number of hydrogen-bond donors (Lipinski definition) is 1. The maximum absolute atomic E-state index is 11.9. The van der Waals surface area contributed by atoms with Crippen molar-refractivity contribution in [3.8, 4) is 0 Å². The number of benzene rings is 1. The van der Waals surface area contributed by atoms with Crippen molar-refractivity contribution in [2.24, 2.45) is 5.92 Å². The van der Waals surface area contributed by atoms with Gasteiger partial charge in [-0.1, -0.05) is 29.5 Å². The number of aromatic nitrogens is 2. The molecule has 0 unspecified atom stereocenters. The van der Waals surface area contributed by atoms with Gasteiger partial charge in [-0.15, -0.1) is 10.2 Å². The lowest BCUT2D eigenvalue weighted by Crippen LogP contribution is -2.13. The monoisotopic (exact) mass is 381 g/mol. The molecule has 134 valence electrons. The Hall–Kier alpha value is -1.87. The Morgan fingerprint density at radius 1 is 1.32 bits per heavy atom. The van der Waals surface area contributed by atoms with Crippen LogP contribution in [0.15, 0.2) is 33.9 Å². The van der Waals surface area contributed by atoms with E-state index in [2.05, 4.69) is 15.5 Å². The van der Waals surface area contributed by atoms with Crippen LogP contribution in [0.2, 0.25) is 0 Å². The van der Waals surface area contributed by atoms with E-state index in [1.165, 1.54) is 0 Å². The number of carbonyl (C=O) groups excluding carboxylic acids is 1. The summed E-state index contributed by atoms with van der Waals surface area (Å²) in [5, 5.41) is 10.9. The van der Waals surface area contributed by atoms with Gasteiger partial charge >= 0.3 is 0 Å². The molecule has 0 spiro atoms. The van der Waals surface area contributed by atoms with Gasteiger partial charge in [-0.25, -0.2) is 8.42 Å². The molecule has 2 heterocycles. The van der Waals surface area contributed by atoms with Crippen LogP contribution in [0.1, 0.15) is 17.9 Å². The third kappa shape index (κ3) is 5.30. The van der Waals surface area contributed by atoms with Gasteiger partial charge in [0.2, 0.25) is 11.8 Å². The van der Waals surface area contributed by atoms with E-state index in [4.69, 9.17) is 4.42 Å². The highest BCUT2D eigenvalue weighted by Crippen LogP contribution is 2.24. The molecule has 1 atom stereocenters. The summed E-state index contributed by atoms with van der Waals surface area (Å²) in [6, 6.07) is 7.54. The van der Waals surface area contributed by atoms with Crippen molar-refractivity contribution in [2.75, 3.05) is 22.6 Å². The number of carbonyl (C=O) groups is 1. The minimum absolute atomic E-state index is 0.0353. The summed E-state index contributed by atoms with van der Waals surface area (Å²) in [5.41, 5.74) is 1.87. The lowest BCUT2D eigenvalue weighted by atomic mass is 10.1. The molecule has 1 N–H and O–H groups in total. The highest BCUT2D eigenvalue weighted by molar-refractivity contribution is 7.99. The highest BCUT2D eigenvalue weighted by atomic mass is 32.2. The van der Waals surface area contributed by atoms with E-state index < -0.39 is 9.84 Å². The minimum atomic E-state index is -2.91. The number of hydrogen-bond acceptors (Lipinski definition) is 7. The van der Waals surface area contributed by atoms with Crippen molar-refractivity contribution >= 4 is 33.2 Å². The van der Waals surface area contributed by atoms with Crippen LogP contribution in [0.3, 0.4) is 0 Å². The van der Waals surface area contributed by atoms with Gasteiger partial charge in [0, 0.05) is 12.1 Å². The Kier molecular flexibility index (Phi) is 5.43. The first-order valence-electron chi connectivity index (χ1n) is 7.92. The molecule has 25 heavy (non-hydrogen) atoms. The topological polar surface area (TPSA) is 102 Å². The van der Waals surface area contributed by atoms with Crippen molar-refractivity contribution in [3.05, 3.63) is 35.7 Å². The summed E-state index contributed by atoms with van der Waals surface area (Å²) in [6.45, 7) is 1.98. The second kappa shape index (κ2) is 7.57. The molecular weight excluding hydrogens is 362 g/mol.